The lowest BCUT2D eigenvalue weighted by molar-refractivity contribution is 0.0686. The number of hydrogen-bond donors (Lipinski definition) is 6. The van der Waals surface area contributed by atoms with Crippen molar-refractivity contribution in [2.24, 2.45) is 0 Å². The molecule has 0 saturated heterocycles. The van der Waals surface area contributed by atoms with Crippen molar-refractivity contribution in [3.05, 3.63) is 246 Å². The predicted molar refractivity (Wildman–Crippen MR) is 383 cm³/mol. The highest BCUT2D eigenvalue weighted by Crippen LogP contribution is 2.49. The van der Waals surface area contributed by atoms with E-state index in [0.717, 1.165) is 122 Å². The van der Waals surface area contributed by atoms with Gasteiger partial charge in [-0.2, -0.15) is 41.4 Å². The SMILES string of the molecule is CC(C)(CC#N)c1c(-c2ccc(C(=O)O)cc2)c2cc3[nH]ncc3cc2n1-c1ccc(F)cc1.CC(C)(CC#N)c1c(-c2ccc(C(=O)O)cc2)c2cc3cn[nH]c3cc2n1-c1ccc(F)cc1.CC(C)(CC#N)c1c(-c2ccc(C(=O)O)cc2)c2cc3n[nH]nc3cc2n1-c1ccc(F)cc1. The molecule has 0 aliphatic rings. The number of rotatable bonds is 15. The zero-order valence-electron chi connectivity index (χ0n) is 55.8. The van der Waals surface area contributed by atoms with Crippen LogP contribution < -0.4 is 0 Å². The van der Waals surface area contributed by atoms with Gasteiger partial charge in [-0.05, 0) is 162 Å². The van der Waals surface area contributed by atoms with Crippen molar-refractivity contribution >= 4 is 83.5 Å². The van der Waals surface area contributed by atoms with E-state index in [1.165, 1.54) is 36.4 Å². The van der Waals surface area contributed by atoms with Crippen LogP contribution in [-0.2, 0) is 16.2 Å². The van der Waals surface area contributed by atoms with Crippen LogP contribution in [0, 0.1) is 51.4 Å². The minimum absolute atomic E-state index is 0.183. The molecule has 0 unspecified atom stereocenters. The molecule has 19 nitrogen and oxygen atoms in total. The number of fused-ring (bicyclic) bond motifs is 6. The molecule has 504 valence electrons. The molecule has 6 heterocycles. The molecule has 15 aromatic rings. The maximum Gasteiger partial charge on any atom is 0.335 e. The van der Waals surface area contributed by atoms with Crippen molar-refractivity contribution in [2.45, 2.75) is 77.0 Å². The number of halogens is 3. The summed E-state index contributed by atoms with van der Waals surface area (Å²) in [6, 6.07) is 57.7. The third-order valence-corrected chi connectivity index (χ3v) is 18.5. The molecule has 0 amide bonds. The maximum absolute atomic E-state index is 13.8. The molecular formula is C80H62F3N13O6. The summed E-state index contributed by atoms with van der Waals surface area (Å²) in [4.78, 5) is 34.3. The normalized spacial score (nSPS) is 11.7. The van der Waals surface area contributed by atoms with Gasteiger partial charge in [-0.1, -0.05) is 77.9 Å². The monoisotopic (exact) mass is 1360 g/mol. The fourth-order valence-corrected chi connectivity index (χ4v) is 13.6. The summed E-state index contributed by atoms with van der Waals surface area (Å²) in [5.74, 6) is -4.01. The van der Waals surface area contributed by atoms with Gasteiger partial charge in [-0.3, -0.25) is 10.2 Å². The van der Waals surface area contributed by atoms with Gasteiger partial charge in [0.1, 0.15) is 28.5 Å². The largest absolute Gasteiger partial charge is 0.478 e. The number of aromatic carboxylic acids is 3. The average molecular weight is 1360 g/mol. The molecule has 15 rings (SSSR count). The third-order valence-electron chi connectivity index (χ3n) is 18.5. The van der Waals surface area contributed by atoms with E-state index >= 15 is 0 Å². The van der Waals surface area contributed by atoms with Gasteiger partial charge in [-0.15, -0.1) is 0 Å². The Morgan fingerprint density at radius 2 is 0.716 bits per heavy atom. The first-order chi connectivity index (χ1) is 48.9. The molecule has 0 saturated carbocycles. The molecule has 6 N–H and O–H groups in total. The highest BCUT2D eigenvalue weighted by atomic mass is 19.1. The first-order valence-corrected chi connectivity index (χ1v) is 32.2. The predicted octanol–water partition coefficient (Wildman–Crippen LogP) is 18.0. The Morgan fingerprint density at radius 1 is 0.412 bits per heavy atom. The molecule has 9 aromatic carbocycles. The van der Waals surface area contributed by atoms with Crippen LogP contribution in [-0.4, -0.2) is 82.7 Å². The van der Waals surface area contributed by atoms with E-state index in [2.05, 4.69) is 63.1 Å². The number of aromatic nitrogens is 10. The van der Waals surface area contributed by atoms with Gasteiger partial charge in [0.2, 0.25) is 0 Å². The summed E-state index contributed by atoms with van der Waals surface area (Å²) in [6.07, 6.45) is 4.24. The number of nitriles is 3. The standard InChI is InChI=1S/2C27H21FN4O2.C26H20FN5O2/c1-27(2,11-12-29)25-24(16-3-5-17(6-4-16)26(33)34)21-14-22-18(15-30-31-22)13-23(21)32(25)20-9-7-19(28)8-10-20;1-27(2,11-12-29)25-24(16-3-5-17(6-4-16)26(33)34)21-13-18-15-30-31-22(18)14-23(21)32(25)20-9-7-19(28)8-10-20;1-26(2,11-12-28)24-23(15-3-5-16(6-4-15)25(33)34)19-13-20-21(30-31-29-20)14-22(19)32(24)18-9-7-17(27)8-10-18/h2*3-10,13-15H,11H2,1-2H3,(H,30,31)(H,33,34);3-10,13-14H,11H2,1-2H3,(H,33,34)(H,29,30,31). The third kappa shape index (κ3) is 12.4. The molecule has 0 fully saturated rings. The maximum atomic E-state index is 13.8. The zero-order chi connectivity index (χ0) is 72.1. The van der Waals surface area contributed by atoms with Crippen LogP contribution in [0.1, 0.15) is 109 Å². The van der Waals surface area contributed by atoms with Crippen LogP contribution in [0.3, 0.4) is 0 Å². The number of benzene rings is 9. The summed E-state index contributed by atoms with van der Waals surface area (Å²) in [7, 11) is 0. The second kappa shape index (κ2) is 26.5. The second-order valence-corrected chi connectivity index (χ2v) is 26.7. The Morgan fingerprint density at radius 3 is 1.07 bits per heavy atom. The van der Waals surface area contributed by atoms with Crippen LogP contribution in [0.2, 0.25) is 0 Å². The number of nitrogens with zero attached hydrogens (tertiary/aromatic N) is 10. The Balaban J connectivity index is 0.000000137. The van der Waals surface area contributed by atoms with Gasteiger partial charge in [0.05, 0.1) is 74.9 Å². The van der Waals surface area contributed by atoms with Crippen molar-refractivity contribution in [3.8, 4) is 68.7 Å². The molecule has 0 radical (unpaired) electrons. The summed E-state index contributed by atoms with van der Waals surface area (Å²) < 4.78 is 47.5. The number of carbonyl (C=O) groups is 3. The number of aromatic amines is 3. The Bertz CT molecular complexity index is 5340. The van der Waals surface area contributed by atoms with Gasteiger partial charge < -0.3 is 29.0 Å². The quantitative estimate of drug-likeness (QED) is 0.0557. The van der Waals surface area contributed by atoms with Crippen LogP contribution >= 0.6 is 0 Å². The summed E-state index contributed by atoms with van der Waals surface area (Å²) >= 11 is 0. The molecule has 102 heavy (non-hydrogen) atoms. The van der Waals surface area contributed by atoms with E-state index < -0.39 is 34.2 Å². The van der Waals surface area contributed by atoms with Crippen LogP contribution in [0.4, 0.5) is 13.2 Å². The fraction of sp³-hybridized carbons (Fsp3) is 0.150. The van der Waals surface area contributed by atoms with E-state index in [-0.39, 0.29) is 53.4 Å². The van der Waals surface area contributed by atoms with Crippen LogP contribution in [0.5, 0.6) is 0 Å². The molecule has 0 aliphatic carbocycles. The second-order valence-electron chi connectivity index (χ2n) is 26.7. The van der Waals surface area contributed by atoms with Crippen molar-refractivity contribution in [3.63, 3.8) is 0 Å². The lowest BCUT2D eigenvalue weighted by Gasteiger charge is -2.26. The van der Waals surface area contributed by atoms with Gasteiger partial charge in [0, 0.05) is 113 Å². The van der Waals surface area contributed by atoms with Gasteiger partial charge >= 0.3 is 17.9 Å². The van der Waals surface area contributed by atoms with Gasteiger partial charge in [-0.25, -0.2) is 27.6 Å². The van der Waals surface area contributed by atoms with Crippen molar-refractivity contribution in [1.29, 1.82) is 15.8 Å². The molecule has 0 atom stereocenters. The molecule has 0 aliphatic heterocycles. The van der Waals surface area contributed by atoms with Crippen molar-refractivity contribution < 1.29 is 42.9 Å². The molecule has 0 bridgehead atoms. The van der Waals surface area contributed by atoms with Crippen molar-refractivity contribution in [2.75, 3.05) is 0 Å². The highest BCUT2D eigenvalue weighted by molar-refractivity contribution is 6.09. The van der Waals surface area contributed by atoms with Crippen LogP contribution in [0.25, 0.3) is 116 Å². The number of nitrogens with one attached hydrogen (secondary N) is 3. The Labute approximate surface area is 580 Å². The topological polar surface area (TPSA) is 297 Å². The number of carboxylic acid groups (broad SMARTS) is 3. The Hall–Kier alpha value is -13.4. The smallest absolute Gasteiger partial charge is 0.335 e. The molecule has 6 aromatic heterocycles. The van der Waals surface area contributed by atoms with E-state index in [0.29, 0.717) is 11.0 Å². The first-order valence-electron chi connectivity index (χ1n) is 32.2. The summed E-state index contributed by atoms with van der Waals surface area (Å²) in [6.45, 7) is 12.0. The zero-order valence-corrected chi connectivity index (χ0v) is 55.8. The first kappa shape index (κ1) is 67.2. The fourth-order valence-electron chi connectivity index (χ4n) is 13.6. The van der Waals surface area contributed by atoms with E-state index in [1.807, 2.05) is 82.5 Å². The summed E-state index contributed by atoms with van der Waals surface area (Å²) in [5.41, 5.74) is 14.5. The lowest BCUT2D eigenvalue weighted by atomic mass is 9.81. The number of carboxylic acids is 3. The van der Waals surface area contributed by atoms with E-state index in [1.54, 1.807) is 122 Å². The van der Waals surface area contributed by atoms with E-state index in [9.17, 15) is 58.7 Å². The van der Waals surface area contributed by atoms with Crippen LogP contribution in [0.15, 0.2) is 194 Å². The van der Waals surface area contributed by atoms with Gasteiger partial charge in [0.15, 0.2) is 0 Å². The van der Waals surface area contributed by atoms with E-state index in [4.69, 9.17) is 0 Å². The molecular weight excluding hydrogens is 1300 g/mol. The molecule has 0 spiro atoms. The summed E-state index contributed by atoms with van der Waals surface area (Å²) in [5, 5.41) is 87.0. The lowest BCUT2D eigenvalue weighted by Crippen LogP contribution is -2.21. The Kier molecular flexibility index (Phi) is 17.4. The number of H-pyrrole nitrogens is 3. The number of hydrogen-bond acceptors (Lipinski definition) is 10. The minimum atomic E-state index is -1.00. The van der Waals surface area contributed by atoms with Gasteiger partial charge in [0.25, 0.3) is 0 Å². The average Bonchev–Trinajstić information content (AvgIpc) is 1.58. The minimum Gasteiger partial charge on any atom is -0.478 e. The van der Waals surface area contributed by atoms with Crippen molar-refractivity contribution in [1.82, 2.24) is 49.5 Å². The molecule has 22 heteroatoms. The highest BCUT2D eigenvalue weighted by Gasteiger charge is 2.36.